The van der Waals surface area contributed by atoms with E-state index >= 15 is 0 Å². The molecule has 82 valence electrons. The number of hydrogen-bond acceptors (Lipinski definition) is 1. The summed E-state index contributed by atoms with van der Waals surface area (Å²) < 4.78 is 0. The molecule has 1 atom stereocenters. The van der Waals surface area contributed by atoms with Crippen molar-refractivity contribution in [3.05, 3.63) is 12.7 Å². The molecule has 3 heteroatoms. The molecule has 3 nitrogen and oxygen atoms in total. The molecule has 0 aliphatic carbocycles. The Hall–Kier alpha value is -0.830. The normalized spacial score (nSPS) is 14.7. The Labute approximate surface area is 86.0 Å². The average Bonchev–Trinajstić information content (AvgIpc) is 2.10. The number of carbonyl (C=O) groups is 1. The highest BCUT2D eigenvalue weighted by atomic mass is 16.4. The summed E-state index contributed by atoms with van der Waals surface area (Å²) in [5, 5.41) is 8.81. The van der Waals surface area contributed by atoms with Gasteiger partial charge in [-0.1, -0.05) is 18.9 Å². The van der Waals surface area contributed by atoms with Crippen molar-refractivity contribution >= 4 is 5.97 Å². The van der Waals surface area contributed by atoms with Crippen molar-refractivity contribution in [2.24, 2.45) is 0 Å². The fourth-order valence-electron chi connectivity index (χ4n) is 1.26. The van der Waals surface area contributed by atoms with Crippen LogP contribution in [0.25, 0.3) is 0 Å². The molecule has 0 aliphatic rings. The van der Waals surface area contributed by atoms with Gasteiger partial charge in [-0.3, -0.25) is 0 Å². The standard InChI is InChI=1S/C11H21NO2/c1-3-4-5-6-7-8-9-11(2,12)10(13)14/h3H,1,4-9,12H2,2H3,(H,13,14)/p+1/t11-/m1/s1. The lowest BCUT2D eigenvalue weighted by Gasteiger charge is -2.14. The van der Waals surface area contributed by atoms with E-state index in [9.17, 15) is 4.79 Å². The molecule has 4 N–H and O–H groups in total. The van der Waals surface area contributed by atoms with Gasteiger partial charge in [-0.2, -0.15) is 0 Å². The molecule has 0 spiro atoms. The van der Waals surface area contributed by atoms with Gasteiger partial charge in [0.1, 0.15) is 0 Å². The molecule has 0 amide bonds. The van der Waals surface area contributed by atoms with Crippen LogP contribution in [0.1, 0.15) is 45.4 Å². The largest absolute Gasteiger partial charge is 0.477 e. The van der Waals surface area contributed by atoms with Gasteiger partial charge in [0, 0.05) is 13.3 Å². The minimum Gasteiger partial charge on any atom is -0.477 e. The van der Waals surface area contributed by atoms with E-state index in [0.29, 0.717) is 6.42 Å². The fraction of sp³-hybridized carbons (Fsp3) is 0.727. The van der Waals surface area contributed by atoms with E-state index in [1.165, 1.54) is 0 Å². The lowest BCUT2D eigenvalue weighted by atomic mass is 9.95. The number of hydrogen-bond donors (Lipinski definition) is 2. The number of aliphatic carboxylic acids is 1. The summed E-state index contributed by atoms with van der Waals surface area (Å²) in [7, 11) is 0. The molecule has 0 saturated heterocycles. The highest BCUT2D eigenvalue weighted by Gasteiger charge is 2.31. The summed E-state index contributed by atoms with van der Waals surface area (Å²) in [4.78, 5) is 10.7. The number of rotatable bonds is 8. The Morgan fingerprint density at radius 2 is 2.00 bits per heavy atom. The number of unbranched alkanes of at least 4 members (excludes halogenated alkanes) is 4. The van der Waals surface area contributed by atoms with Crippen LogP contribution in [0.2, 0.25) is 0 Å². The van der Waals surface area contributed by atoms with Crippen molar-refractivity contribution in [3.63, 3.8) is 0 Å². The van der Waals surface area contributed by atoms with Crippen molar-refractivity contribution in [1.82, 2.24) is 0 Å². The summed E-state index contributed by atoms with van der Waals surface area (Å²) in [6.07, 6.45) is 7.99. The topological polar surface area (TPSA) is 64.9 Å². The molecule has 0 rings (SSSR count). The van der Waals surface area contributed by atoms with Gasteiger partial charge in [0.25, 0.3) is 0 Å². The van der Waals surface area contributed by atoms with Crippen molar-refractivity contribution in [3.8, 4) is 0 Å². The second-order valence-electron chi connectivity index (χ2n) is 4.11. The highest BCUT2D eigenvalue weighted by molar-refractivity contribution is 5.75. The molecule has 14 heavy (non-hydrogen) atoms. The number of quaternary nitrogens is 1. The van der Waals surface area contributed by atoms with Gasteiger partial charge in [0.05, 0.1) is 0 Å². The SMILES string of the molecule is C=CCCCCCC[C@@](C)([NH3+])C(=O)O. The van der Waals surface area contributed by atoms with Gasteiger partial charge in [-0.15, -0.1) is 6.58 Å². The second-order valence-corrected chi connectivity index (χ2v) is 4.11. The summed E-state index contributed by atoms with van der Waals surface area (Å²) >= 11 is 0. The molecule has 0 aromatic carbocycles. The first-order valence-corrected chi connectivity index (χ1v) is 5.20. The van der Waals surface area contributed by atoms with Crippen LogP contribution in [-0.4, -0.2) is 16.6 Å². The first-order chi connectivity index (χ1) is 6.50. The maximum atomic E-state index is 10.7. The Kier molecular flexibility index (Phi) is 6.21. The van der Waals surface area contributed by atoms with Gasteiger partial charge < -0.3 is 10.8 Å². The summed E-state index contributed by atoms with van der Waals surface area (Å²) in [5.41, 5.74) is 2.88. The third-order valence-corrected chi connectivity index (χ3v) is 2.40. The van der Waals surface area contributed by atoms with Crippen molar-refractivity contribution < 1.29 is 15.6 Å². The van der Waals surface area contributed by atoms with Crippen LogP contribution < -0.4 is 5.73 Å². The molecule has 0 aliphatic heterocycles. The monoisotopic (exact) mass is 200 g/mol. The second kappa shape index (κ2) is 6.60. The van der Waals surface area contributed by atoms with Gasteiger partial charge in [-0.25, -0.2) is 4.79 Å². The Morgan fingerprint density at radius 1 is 1.43 bits per heavy atom. The summed E-state index contributed by atoms with van der Waals surface area (Å²) in [6.45, 7) is 5.33. The number of carboxylic acids is 1. The van der Waals surface area contributed by atoms with Crippen molar-refractivity contribution in [1.29, 1.82) is 0 Å². The van der Waals surface area contributed by atoms with Gasteiger partial charge >= 0.3 is 5.97 Å². The van der Waals surface area contributed by atoms with E-state index < -0.39 is 11.5 Å². The van der Waals surface area contributed by atoms with Crippen LogP contribution in [0.15, 0.2) is 12.7 Å². The zero-order chi connectivity index (χ0) is 11.0. The lowest BCUT2D eigenvalue weighted by molar-refractivity contribution is -0.457. The minimum atomic E-state index is -0.807. The molecular weight excluding hydrogens is 178 g/mol. The third kappa shape index (κ3) is 5.75. The van der Waals surface area contributed by atoms with Crippen molar-refractivity contribution in [2.45, 2.75) is 51.0 Å². The number of allylic oxidation sites excluding steroid dienone is 1. The quantitative estimate of drug-likeness (QED) is 0.461. The first-order valence-electron chi connectivity index (χ1n) is 5.20. The smallest absolute Gasteiger partial charge is 0.365 e. The first kappa shape index (κ1) is 13.2. The van der Waals surface area contributed by atoms with Gasteiger partial charge in [0.2, 0.25) is 0 Å². The highest BCUT2D eigenvalue weighted by Crippen LogP contribution is 2.12. The fourth-order valence-corrected chi connectivity index (χ4v) is 1.26. The zero-order valence-electron chi connectivity index (χ0n) is 9.09. The minimum absolute atomic E-state index is 0.663. The van der Waals surface area contributed by atoms with Gasteiger partial charge in [0.15, 0.2) is 5.54 Å². The summed E-state index contributed by atoms with van der Waals surface area (Å²) in [6, 6.07) is 0. The van der Waals surface area contributed by atoms with E-state index in [1.807, 2.05) is 6.08 Å². The van der Waals surface area contributed by atoms with Crippen LogP contribution in [0.5, 0.6) is 0 Å². The Bertz CT molecular complexity index is 188. The molecule has 0 heterocycles. The predicted octanol–water partition coefficient (Wildman–Crippen LogP) is 1.60. The van der Waals surface area contributed by atoms with E-state index in [4.69, 9.17) is 5.11 Å². The van der Waals surface area contributed by atoms with Crippen LogP contribution >= 0.6 is 0 Å². The van der Waals surface area contributed by atoms with Crippen LogP contribution in [0.3, 0.4) is 0 Å². The van der Waals surface area contributed by atoms with Crippen LogP contribution in [0, 0.1) is 0 Å². The number of carboxylic acid groups (broad SMARTS) is 1. The van der Waals surface area contributed by atoms with Gasteiger partial charge in [-0.05, 0) is 19.3 Å². The van der Waals surface area contributed by atoms with E-state index in [-0.39, 0.29) is 0 Å². The Morgan fingerprint density at radius 3 is 2.50 bits per heavy atom. The lowest BCUT2D eigenvalue weighted by Crippen LogP contribution is -2.74. The van der Waals surface area contributed by atoms with Crippen molar-refractivity contribution in [2.75, 3.05) is 0 Å². The molecule has 0 radical (unpaired) electrons. The van der Waals surface area contributed by atoms with E-state index in [2.05, 4.69) is 12.3 Å². The van der Waals surface area contributed by atoms with E-state index in [0.717, 1.165) is 32.1 Å². The zero-order valence-corrected chi connectivity index (χ0v) is 9.09. The Balaban J connectivity index is 3.44. The van der Waals surface area contributed by atoms with Crippen LogP contribution in [0.4, 0.5) is 0 Å². The van der Waals surface area contributed by atoms with Crippen LogP contribution in [-0.2, 0) is 4.79 Å². The molecule has 0 fully saturated rings. The third-order valence-electron chi connectivity index (χ3n) is 2.40. The molecule has 0 saturated carbocycles. The average molecular weight is 200 g/mol. The maximum absolute atomic E-state index is 10.7. The summed E-state index contributed by atoms with van der Waals surface area (Å²) in [5.74, 6) is -0.802. The molecule has 0 aromatic heterocycles. The van der Waals surface area contributed by atoms with E-state index in [1.54, 1.807) is 6.92 Å². The molecule has 0 aromatic rings. The molecule has 0 unspecified atom stereocenters. The molecular formula is C11H22NO2+. The molecule has 0 bridgehead atoms. The predicted molar refractivity (Wildman–Crippen MR) is 56.8 cm³/mol. The maximum Gasteiger partial charge on any atom is 0.365 e.